The minimum absolute atomic E-state index is 0.648. The zero-order valence-corrected chi connectivity index (χ0v) is 9.35. The van der Waals surface area contributed by atoms with E-state index in [0.29, 0.717) is 5.92 Å². The van der Waals surface area contributed by atoms with Crippen molar-refractivity contribution in [2.24, 2.45) is 0 Å². The number of hydrogen-bond acceptors (Lipinski definition) is 1. The molecule has 1 aromatic carbocycles. The lowest BCUT2D eigenvalue weighted by molar-refractivity contribution is 0.641. The highest BCUT2D eigenvalue weighted by Crippen LogP contribution is 2.24. The molecule has 1 nitrogen and oxygen atoms in total. The molecule has 0 unspecified atom stereocenters. The molecule has 1 heteroatoms. The summed E-state index contributed by atoms with van der Waals surface area (Å²) < 4.78 is 0. The lowest BCUT2D eigenvalue weighted by Crippen LogP contribution is -2.24. The van der Waals surface area contributed by atoms with Gasteiger partial charge in [0.05, 0.1) is 0 Å². The summed E-state index contributed by atoms with van der Waals surface area (Å²) in [7, 11) is 0. The Morgan fingerprint density at radius 1 is 1.21 bits per heavy atom. The van der Waals surface area contributed by atoms with E-state index in [1.54, 1.807) is 5.56 Å². The van der Waals surface area contributed by atoms with Crippen LogP contribution in [-0.4, -0.2) is 6.54 Å². The average molecular weight is 189 g/mol. The van der Waals surface area contributed by atoms with E-state index in [2.05, 4.69) is 38.2 Å². The van der Waals surface area contributed by atoms with E-state index in [9.17, 15) is 0 Å². The third-order valence-corrected chi connectivity index (χ3v) is 3.10. The summed E-state index contributed by atoms with van der Waals surface area (Å²) in [5, 5.41) is 3.42. The van der Waals surface area contributed by atoms with Crippen LogP contribution in [0.5, 0.6) is 0 Å². The molecule has 2 rings (SSSR count). The predicted molar refractivity (Wildman–Crippen MR) is 60.7 cm³/mol. The van der Waals surface area contributed by atoms with Crippen molar-refractivity contribution in [2.75, 3.05) is 6.54 Å². The summed E-state index contributed by atoms with van der Waals surface area (Å²) in [5.41, 5.74) is 6.02. The van der Waals surface area contributed by atoms with Gasteiger partial charge in [0.2, 0.25) is 0 Å². The molecule has 1 aliphatic heterocycles. The standard InChI is InChI=1S/C13H19N/c1-9(2)13-7-11-4-5-14-8-12(11)6-10(13)3/h6-7,9,14H,4-5,8H2,1-3H3. The molecule has 14 heavy (non-hydrogen) atoms. The first-order valence-corrected chi connectivity index (χ1v) is 5.51. The number of benzene rings is 1. The Morgan fingerprint density at radius 2 is 2.00 bits per heavy atom. The van der Waals surface area contributed by atoms with Crippen molar-refractivity contribution in [3.63, 3.8) is 0 Å². The van der Waals surface area contributed by atoms with Gasteiger partial charge in [-0.25, -0.2) is 0 Å². The summed E-state index contributed by atoms with van der Waals surface area (Å²) in [6, 6.07) is 4.77. The van der Waals surface area contributed by atoms with Gasteiger partial charge >= 0.3 is 0 Å². The summed E-state index contributed by atoms with van der Waals surface area (Å²) in [5.74, 6) is 0.648. The Balaban J connectivity index is 2.45. The molecule has 0 aliphatic carbocycles. The van der Waals surface area contributed by atoms with Crippen LogP contribution in [0.25, 0.3) is 0 Å². The van der Waals surface area contributed by atoms with E-state index in [1.165, 1.54) is 23.1 Å². The van der Waals surface area contributed by atoms with Crippen LogP contribution >= 0.6 is 0 Å². The highest BCUT2D eigenvalue weighted by molar-refractivity contribution is 5.40. The van der Waals surface area contributed by atoms with Gasteiger partial charge in [0, 0.05) is 6.54 Å². The number of aryl methyl sites for hydroxylation is 1. The van der Waals surface area contributed by atoms with Crippen LogP contribution in [0.3, 0.4) is 0 Å². The van der Waals surface area contributed by atoms with Crippen molar-refractivity contribution in [3.8, 4) is 0 Å². The van der Waals surface area contributed by atoms with Gasteiger partial charge in [0.1, 0.15) is 0 Å². The zero-order chi connectivity index (χ0) is 10.1. The van der Waals surface area contributed by atoms with Crippen LogP contribution in [0.1, 0.15) is 42.0 Å². The van der Waals surface area contributed by atoms with Crippen molar-refractivity contribution < 1.29 is 0 Å². The molecule has 0 saturated heterocycles. The van der Waals surface area contributed by atoms with Gasteiger partial charge in [0.15, 0.2) is 0 Å². The quantitative estimate of drug-likeness (QED) is 0.716. The highest BCUT2D eigenvalue weighted by atomic mass is 14.9. The van der Waals surface area contributed by atoms with E-state index in [-0.39, 0.29) is 0 Å². The van der Waals surface area contributed by atoms with Crippen LogP contribution in [0.15, 0.2) is 12.1 Å². The lowest BCUT2D eigenvalue weighted by Gasteiger charge is -2.21. The van der Waals surface area contributed by atoms with Crippen molar-refractivity contribution in [1.82, 2.24) is 5.32 Å². The van der Waals surface area contributed by atoms with Crippen molar-refractivity contribution >= 4 is 0 Å². The summed E-state index contributed by atoms with van der Waals surface area (Å²) in [4.78, 5) is 0. The summed E-state index contributed by atoms with van der Waals surface area (Å²) in [6.45, 7) is 8.96. The Hall–Kier alpha value is -0.820. The molecule has 0 bridgehead atoms. The van der Waals surface area contributed by atoms with E-state index < -0.39 is 0 Å². The average Bonchev–Trinajstić information content (AvgIpc) is 2.16. The van der Waals surface area contributed by atoms with E-state index in [1.807, 2.05) is 0 Å². The second kappa shape index (κ2) is 3.74. The molecule has 1 N–H and O–H groups in total. The molecule has 0 saturated carbocycles. The molecule has 0 fully saturated rings. The van der Waals surface area contributed by atoms with Gasteiger partial charge in [-0.3, -0.25) is 0 Å². The van der Waals surface area contributed by atoms with Gasteiger partial charge in [-0.1, -0.05) is 26.0 Å². The van der Waals surface area contributed by atoms with Crippen LogP contribution < -0.4 is 5.32 Å². The maximum Gasteiger partial charge on any atom is 0.0208 e. The fourth-order valence-corrected chi connectivity index (χ4v) is 2.30. The third kappa shape index (κ3) is 1.69. The van der Waals surface area contributed by atoms with Crippen molar-refractivity contribution in [2.45, 2.75) is 39.7 Å². The Bertz CT molecular complexity index is 339. The second-order valence-electron chi connectivity index (χ2n) is 4.56. The SMILES string of the molecule is Cc1cc2c(cc1C(C)C)CCNC2. The van der Waals surface area contributed by atoms with Crippen molar-refractivity contribution in [3.05, 3.63) is 34.4 Å². The van der Waals surface area contributed by atoms with E-state index in [4.69, 9.17) is 0 Å². The third-order valence-electron chi connectivity index (χ3n) is 3.10. The molecule has 0 atom stereocenters. The molecule has 1 heterocycles. The Morgan fingerprint density at radius 3 is 2.71 bits per heavy atom. The molecule has 1 aromatic rings. The van der Waals surface area contributed by atoms with Gasteiger partial charge in [-0.15, -0.1) is 0 Å². The molecule has 1 aliphatic rings. The van der Waals surface area contributed by atoms with Crippen LogP contribution in [0.2, 0.25) is 0 Å². The van der Waals surface area contributed by atoms with Crippen molar-refractivity contribution in [1.29, 1.82) is 0 Å². The molecule has 76 valence electrons. The smallest absolute Gasteiger partial charge is 0.0208 e. The van der Waals surface area contributed by atoms with Crippen LogP contribution in [0, 0.1) is 6.92 Å². The minimum atomic E-state index is 0.648. The number of nitrogens with one attached hydrogen (secondary N) is 1. The van der Waals surface area contributed by atoms with Gasteiger partial charge in [-0.2, -0.15) is 0 Å². The minimum Gasteiger partial charge on any atom is -0.312 e. The largest absolute Gasteiger partial charge is 0.312 e. The Labute approximate surface area is 86.5 Å². The lowest BCUT2D eigenvalue weighted by atomic mass is 9.90. The summed E-state index contributed by atoms with van der Waals surface area (Å²) >= 11 is 0. The van der Waals surface area contributed by atoms with E-state index >= 15 is 0 Å². The molecule has 0 spiro atoms. The van der Waals surface area contributed by atoms with Gasteiger partial charge < -0.3 is 5.32 Å². The van der Waals surface area contributed by atoms with Gasteiger partial charge in [0.25, 0.3) is 0 Å². The monoisotopic (exact) mass is 189 g/mol. The van der Waals surface area contributed by atoms with Gasteiger partial charge in [-0.05, 0) is 48.1 Å². The highest BCUT2D eigenvalue weighted by Gasteiger charge is 2.12. The zero-order valence-electron chi connectivity index (χ0n) is 9.35. The van der Waals surface area contributed by atoms with Crippen LogP contribution in [0.4, 0.5) is 0 Å². The fraction of sp³-hybridized carbons (Fsp3) is 0.538. The normalized spacial score (nSPS) is 15.7. The first kappa shape index (κ1) is 9.72. The summed E-state index contributed by atoms with van der Waals surface area (Å²) in [6.07, 6.45) is 1.19. The number of fused-ring (bicyclic) bond motifs is 1. The molecule has 0 radical (unpaired) electrons. The number of hydrogen-bond donors (Lipinski definition) is 1. The molecule has 0 amide bonds. The number of rotatable bonds is 1. The topological polar surface area (TPSA) is 12.0 Å². The molecular formula is C13H19N. The second-order valence-corrected chi connectivity index (χ2v) is 4.56. The van der Waals surface area contributed by atoms with E-state index in [0.717, 1.165) is 13.1 Å². The Kier molecular flexibility index (Phi) is 2.60. The maximum absolute atomic E-state index is 3.42. The maximum atomic E-state index is 3.42. The van der Waals surface area contributed by atoms with Crippen LogP contribution in [-0.2, 0) is 13.0 Å². The fourth-order valence-electron chi connectivity index (χ4n) is 2.30. The molecule has 0 aromatic heterocycles. The molecular weight excluding hydrogens is 170 g/mol. The first-order chi connectivity index (χ1) is 6.68. The first-order valence-electron chi connectivity index (χ1n) is 5.51. The predicted octanol–water partition coefficient (Wildman–Crippen LogP) is 2.76.